The van der Waals surface area contributed by atoms with Crippen LogP contribution in [-0.4, -0.2) is 20.9 Å². The Hall–Kier alpha value is -3.16. The van der Waals surface area contributed by atoms with Crippen LogP contribution in [0, 0.1) is 6.92 Å². The van der Waals surface area contributed by atoms with Gasteiger partial charge in [-0.1, -0.05) is 42.5 Å². The van der Waals surface area contributed by atoms with Gasteiger partial charge < -0.3 is 10.1 Å². The molecule has 3 rings (SSSR count). The van der Waals surface area contributed by atoms with Crippen molar-refractivity contribution in [3.8, 4) is 5.75 Å². The highest BCUT2D eigenvalue weighted by atomic mass is 32.2. The molecule has 0 radical (unpaired) electrons. The van der Waals surface area contributed by atoms with E-state index < -0.39 is 10.0 Å². The maximum Gasteiger partial charge on any atom is 0.262 e. The molecule has 0 unspecified atom stereocenters. The third kappa shape index (κ3) is 6.17. The van der Waals surface area contributed by atoms with Crippen molar-refractivity contribution in [3.05, 3.63) is 90.0 Å². The van der Waals surface area contributed by atoms with Crippen molar-refractivity contribution in [1.82, 2.24) is 4.72 Å². The zero-order chi connectivity index (χ0) is 20.7. The molecule has 3 aromatic carbocycles. The molecule has 1 amide bonds. The first-order chi connectivity index (χ1) is 13.9. The van der Waals surface area contributed by atoms with Crippen LogP contribution in [0.1, 0.15) is 11.1 Å². The molecular formula is C22H22N2O4S. The van der Waals surface area contributed by atoms with Crippen LogP contribution in [0.2, 0.25) is 0 Å². The van der Waals surface area contributed by atoms with E-state index in [-0.39, 0.29) is 24.0 Å². The van der Waals surface area contributed by atoms with Crippen molar-refractivity contribution in [2.24, 2.45) is 0 Å². The van der Waals surface area contributed by atoms with Crippen LogP contribution in [0.25, 0.3) is 0 Å². The monoisotopic (exact) mass is 410 g/mol. The van der Waals surface area contributed by atoms with E-state index in [1.165, 1.54) is 24.3 Å². The van der Waals surface area contributed by atoms with Crippen LogP contribution in [0.3, 0.4) is 0 Å². The van der Waals surface area contributed by atoms with Crippen LogP contribution in [-0.2, 0) is 21.4 Å². The van der Waals surface area contributed by atoms with Crippen LogP contribution >= 0.6 is 0 Å². The van der Waals surface area contributed by atoms with Crippen LogP contribution < -0.4 is 14.8 Å². The minimum Gasteiger partial charge on any atom is -0.484 e. The van der Waals surface area contributed by atoms with Crippen molar-refractivity contribution in [1.29, 1.82) is 0 Å². The summed E-state index contributed by atoms with van der Waals surface area (Å²) < 4.78 is 32.8. The topological polar surface area (TPSA) is 84.5 Å². The smallest absolute Gasteiger partial charge is 0.262 e. The molecule has 7 heteroatoms. The van der Waals surface area contributed by atoms with E-state index in [2.05, 4.69) is 10.0 Å². The largest absolute Gasteiger partial charge is 0.484 e. The van der Waals surface area contributed by atoms with E-state index in [0.29, 0.717) is 11.4 Å². The van der Waals surface area contributed by atoms with Crippen molar-refractivity contribution in [3.63, 3.8) is 0 Å². The molecule has 0 aliphatic carbocycles. The highest BCUT2D eigenvalue weighted by molar-refractivity contribution is 7.89. The molecule has 0 aromatic heterocycles. The standard InChI is InChI=1S/C22H22N2O4S/c1-17-6-5-9-19(14-17)24-22(25)16-28-20-10-12-21(13-11-20)29(26,27)23-15-18-7-3-2-4-8-18/h2-14,23H,15-16H2,1H3,(H,24,25). The Bertz CT molecular complexity index is 1070. The van der Waals surface area contributed by atoms with Crippen molar-refractivity contribution >= 4 is 21.6 Å². The van der Waals surface area contributed by atoms with E-state index in [9.17, 15) is 13.2 Å². The molecule has 29 heavy (non-hydrogen) atoms. The molecule has 0 saturated carbocycles. The van der Waals surface area contributed by atoms with Gasteiger partial charge in [0.05, 0.1) is 4.90 Å². The van der Waals surface area contributed by atoms with E-state index >= 15 is 0 Å². The lowest BCUT2D eigenvalue weighted by atomic mass is 10.2. The first-order valence-electron chi connectivity index (χ1n) is 9.05. The van der Waals surface area contributed by atoms with E-state index in [1.807, 2.05) is 55.5 Å². The van der Waals surface area contributed by atoms with Crippen molar-refractivity contribution in [2.75, 3.05) is 11.9 Å². The second-order valence-electron chi connectivity index (χ2n) is 6.49. The Kier molecular flexibility index (Phi) is 6.64. The summed E-state index contributed by atoms with van der Waals surface area (Å²) in [5, 5.41) is 2.75. The van der Waals surface area contributed by atoms with Gasteiger partial charge in [0, 0.05) is 12.2 Å². The lowest BCUT2D eigenvalue weighted by molar-refractivity contribution is -0.118. The van der Waals surface area contributed by atoms with Gasteiger partial charge >= 0.3 is 0 Å². The number of benzene rings is 3. The molecule has 3 aromatic rings. The highest BCUT2D eigenvalue weighted by Crippen LogP contribution is 2.17. The fraction of sp³-hybridized carbons (Fsp3) is 0.136. The number of amides is 1. The molecule has 0 atom stereocenters. The maximum atomic E-state index is 12.4. The van der Waals surface area contributed by atoms with E-state index in [0.717, 1.165) is 11.1 Å². The fourth-order valence-electron chi connectivity index (χ4n) is 2.64. The van der Waals surface area contributed by atoms with Gasteiger partial charge in [-0.15, -0.1) is 0 Å². The maximum absolute atomic E-state index is 12.4. The Morgan fingerprint density at radius 2 is 1.66 bits per heavy atom. The molecule has 0 aliphatic heterocycles. The predicted octanol–water partition coefficient (Wildman–Crippen LogP) is 3.49. The fourth-order valence-corrected chi connectivity index (χ4v) is 3.66. The normalized spacial score (nSPS) is 11.1. The van der Waals surface area contributed by atoms with E-state index in [4.69, 9.17) is 4.74 Å². The van der Waals surface area contributed by atoms with Gasteiger partial charge in [0.25, 0.3) is 5.91 Å². The third-order valence-electron chi connectivity index (χ3n) is 4.11. The quantitative estimate of drug-likeness (QED) is 0.595. The SMILES string of the molecule is Cc1cccc(NC(=O)COc2ccc(S(=O)(=O)NCc3ccccc3)cc2)c1. The third-order valence-corrected chi connectivity index (χ3v) is 5.53. The number of carbonyl (C=O) groups excluding carboxylic acids is 1. The van der Waals surface area contributed by atoms with Gasteiger partial charge in [0.2, 0.25) is 10.0 Å². The predicted molar refractivity (Wildman–Crippen MR) is 112 cm³/mol. The number of hydrogen-bond donors (Lipinski definition) is 2. The molecule has 0 saturated heterocycles. The van der Waals surface area contributed by atoms with Crippen LogP contribution in [0.4, 0.5) is 5.69 Å². The summed E-state index contributed by atoms with van der Waals surface area (Å²) in [4.78, 5) is 12.1. The summed E-state index contributed by atoms with van der Waals surface area (Å²) in [6.45, 7) is 1.98. The molecule has 0 spiro atoms. The molecule has 0 fully saturated rings. The van der Waals surface area contributed by atoms with E-state index in [1.54, 1.807) is 6.07 Å². The number of rotatable bonds is 8. The van der Waals surface area contributed by atoms with Gasteiger partial charge in [-0.25, -0.2) is 13.1 Å². The highest BCUT2D eigenvalue weighted by Gasteiger charge is 2.14. The average molecular weight is 410 g/mol. The molecule has 6 nitrogen and oxygen atoms in total. The second kappa shape index (κ2) is 9.36. The summed E-state index contributed by atoms with van der Waals surface area (Å²) in [6, 6.07) is 22.7. The number of hydrogen-bond acceptors (Lipinski definition) is 4. The van der Waals surface area contributed by atoms with Gasteiger partial charge in [-0.05, 0) is 54.4 Å². The zero-order valence-electron chi connectivity index (χ0n) is 16.0. The molecular weight excluding hydrogens is 388 g/mol. The van der Waals surface area contributed by atoms with Crippen molar-refractivity contribution < 1.29 is 17.9 Å². The van der Waals surface area contributed by atoms with Gasteiger partial charge in [-0.3, -0.25) is 4.79 Å². The first kappa shape index (κ1) is 20.6. The molecule has 0 aliphatic rings. The summed E-state index contributed by atoms with van der Waals surface area (Å²) in [5.41, 5.74) is 2.61. The number of ether oxygens (including phenoxy) is 1. The molecule has 150 valence electrons. The molecule has 0 heterocycles. The summed E-state index contributed by atoms with van der Waals surface area (Å²) in [6.07, 6.45) is 0. The van der Waals surface area contributed by atoms with Gasteiger partial charge in [-0.2, -0.15) is 0 Å². The first-order valence-corrected chi connectivity index (χ1v) is 10.5. The molecule has 2 N–H and O–H groups in total. The Morgan fingerprint density at radius 3 is 2.34 bits per heavy atom. The van der Waals surface area contributed by atoms with Crippen molar-refractivity contribution in [2.45, 2.75) is 18.4 Å². The second-order valence-corrected chi connectivity index (χ2v) is 8.25. The van der Waals surface area contributed by atoms with Crippen LogP contribution in [0.15, 0.2) is 83.8 Å². The Balaban J connectivity index is 1.53. The Labute approximate surface area is 170 Å². The zero-order valence-corrected chi connectivity index (χ0v) is 16.8. The summed E-state index contributed by atoms with van der Waals surface area (Å²) >= 11 is 0. The number of carbonyl (C=O) groups is 1. The average Bonchev–Trinajstić information content (AvgIpc) is 2.72. The van der Waals surface area contributed by atoms with Gasteiger partial charge in [0.1, 0.15) is 5.75 Å². The minimum absolute atomic E-state index is 0.130. The number of nitrogens with one attached hydrogen (secondary N) is 2. The lowest BCUT2D eigenvalue weighted by Crippen LogP contribution is -2.23. The van der Waals surface area contributed by atoms with Gasteiger partial charge in [0.15, 0.2) is 6.61 Å². The summed E-state index contributed by atoms with van der Waals surface area (Å²) in [7, 11) is -3.64. The minimum atomic E-state index is -3.64. The number of aryl methyl sites for hydroxylation is 1. The number of anilines is 1. The number of sulfonamides is 1. The van der Waals surface area contributed by atoms with Crippen LogP contribution in [0.5, 0.6) is 5.75 Å². The Morgan fingerprint density at radius 1 is 0.931 bits per heavy atom. The molecule has 0 bridgehead atoms. The summed E-state index contributed by atoms with van der Waals surface area (Å²) in [5.74, 6) is 0.114. The lowest BCUT2D eigenvalue weighted by Gasteiger charge is -2.10.